The third-order valence-corrected chi connectivity index (χ3v) is 0.828. The molecule has 0 aromatic carbocycles. The number of carbonyl (C=O) groups excluding carboxylic acids is 1. The van der Waals surface area contributed by atoms with Gasteiger partial charge in [0.25, 0.3) is 0 Å². The van der Waals surface area contributed by atoms with E-state index in [1.807, 2.05) is 0 Å². The lowest BCUT2D eigenvalue weighted by Gasteiger charge is -2.14. The minimum Gasteiger partial charge on any atom is -0.278 e. The van der Waals surface area contributed by atoms with Crippen LogP contribution in [-0.2, 0) is 4.79 Å². The highest BCUT2D eigenvalue weighted by atomic mass is 16.2. The molecule has 1 aliphatic heterocycles. The summed E-state index contributed by atoms with van der Waals surface area (Å²) in [6.07, 6.45) is 2.64. The Bertz CT molecular complexity index is 173. The van der Waals surface area contributed by atoms with Crippen molar-refractivity contribution in [1.82, 2.24) is 10.4 Å². The molecular weight excluding hydrogens is 120 g/mol. The van der Waals surface area contributed by atoms with E-state index >= 15 is 0 Å². The molecule has 5 nitrogen and oxygen atoms in total. The minimum absolute atomic E-state index is 0.120. The summed E-state index contributed by atoms with van der Waals surface area (Å²) < 4.78 is 0. The minimum atomic E-state index is -0.120. The van der Waals surface area contributed by atoms with Gasteiger partial charge in [-0.3, -0.25) is 10.2 Å². The van der Waals surface area contributed by atoms with E-state index < -0.39 is 0 Å². The lowest BCUT2D eigenvalue weighted by Crippen LogP contribution is -2.40. The van der Waals surface area contributed by atoms with Crippen molar-refractivity contribution in [2.24, 2.45) is 10.2 Å². The number of amides is 1. The second-order valence-electron chi connectivity index (χ2n) is 1.49. The topological polar surface area (TPSA) is 57.1 Å². The number of hydrazine groups is 1. The number of nitrogens with one attached hydrogen (secondary N) is 1. The second-order valence-corrected chi connectivity index (χ2v) is 1.49. The maximum Gasteiger partial charge on any atom is 0.243 e. The van der Waals surface area contributed by atoms with Gasteiger partial charge in [0.15, 0.2) is 0 Å². The van der Waals surface area contributed by atoms with Crippen molar-refractivity contribution in [1.29, 1.82) is 0 Å². The van der Waals surface area contributed by atoms with Gasteiger partial charge in [-0.05, 0) is 0 Å². The third kappa shape index (κ3) is 1.25. The summed E-state index contributed by atoms with van der Waals surface area (Å²) >= 11 is 0. The monoisotopic (exact) mass is 126 g/mol. The molecule has 0 saturated heterocycles. The number of nitrogens with zero attached hydrogens (tertiary/aromatic N) is 3. The summed E-state index contributed by atoms with van der Waals surface area (Å²) in [5.74, 6) is -0.120. The Morgan fingerprint density at radius 3 is 2.78 bits per heavy atom. The van der Waals surface area contributed by atoms with E-state index in [9.17, 15) is 4.79 Å². The van der Waals surface area contributed by atoms with Crippen LogP contribution in [0.1, 0.15) is 6.92 Å². The number of rotatable bonds is 0. The Labute approximate surface area is 52.0 Å². The van der Waals surface area contributed by atoms with Crippen molar-refractivity contribution >= 4 is 18.6 Å². The van der Waals surface area contributed by atoms with Gasteiger partial charge < -0.3 is 0 Å². The van der Waals surface area contributed by atoms with E-state index in [-0.39, 0.29) is 5.91 Å². The zero-order valence-corrected chi connectivity index (χ0v) is 4.90. The van der Waals surface area contributed by atoms with Gasteiger partial charge in [-0.15, -0.1) is 10.2 Å². The van der Waals surface area contributed by atoms with E-state index in [1.165, 1.54) is 24.6 Å². The van der Waals surface area contributed by atoms with E-state index in [1.54, 1.807) is 0 Å². The molecule has 0 fully saturated rings. The van der Waals surface area contributed by atoms with Gasteiger partial charge in [0.05, 0.1) is 0 Å². The van der Waals surface area contributed by atoms with E-state index in [2.05, 4.69) is 15.6 Å². The molecule has 48 valence electrons. The van der Waals surface area contributed by atoms with E-state index in [4.69, 9.17) is 0 Å². The van der Waals surface area contributed by atoms with Crippen LogP contribution in [0.15, 0.2) is 10.2 Å². The SMILES string of the molecule is CC(=O)N1C=NN=CN1. The van der Waals surface area contributed by atoms with E-state index in [0.717, 1.165) is 0 Å². The Morgan fingerprint density at radius 1 is 1.67 bits per heavy atom. The maximum absolute atomic E-state index is 10.5. The standard InChI is InChI=1S/C4H6N4O/c1-4(9)8-3-6-5-2-7-8/h2-3H,1H3,(H,5,7). The molecule has 1 rings (SSSR count). The van der Waals surface area contributed by atoms with Gasteiger partial charge in [0, 0.05) is 6.92 Å². The van der Waals surface area contributed by atoms with Crippen molar-refractivity contribution in [3.05, 3.63) is 0 Å². The largest absolute Gasteiger partial charge is 0.278 e. The Balaban J connectivity index is 2.56. The molecule has 0 spiro atoms. The summed E-state index contributed by atoms with van der Waals surface area (Å²) in [6.45, 7) is 1.43. The summed E-state index contributed by atoms with van der Waals surface area (Å²) in [5, 5.41) is 8.15. The summed E-state index contributed by atoms with van der Waals surface area (Å²) in [7, 11) is 0. The van der Waals surface area contributed by atoms with Gasteiger partial charge in [0.1, 0.15) is 12.7 Å². The molecule has 9 heavy (non-hydrogen) atoms. The predicted octanol–water partition coefficient (Wildman–Crippen LogP) is -0.675. The quantitative estimate of drug-likeness (QED) is 0.467. The van der Waals surface area contributed by atoms with Gasteiger partial charge in [-0.1, -0.05) is 0 Å². The maximum atomic E-state index is 10.5. The van der Waals surface area contributed by atoms with Gasteiger partial charge in [-0.2, -0.15) is 0 Å². The van der Waals surface area contributed by atoms with Crippen LogP contribution in [0.25, 0.3) is 0 Å². The summed E-state index contributed by atoms with van der Waals surface area (Å²) in [4.78, 5) is 10.5. The Kier molecular flexibility index (Phi) is 1.44. The molecule has 0 unspecified atom stereocenters. The fraction of sp³-hybridized carbons (Fsp3) is 0.250. The predicted molar refractivity (Wildman–Crippen MR) is 32.6 cm³/mol. The van der Waals surface area contributed by atoms with Crippen molar-refractivity contribution in [3.8, 4) is 0 Å². The first-order valence-corrected chi connectivity index (χ1v) is 2.41. The molecule has 1 amide bonds. The first-order valence-electron chi connectivity index (χ1n) is 2.41. The lowest BCUT2D eigenvalue weighted by atomic mass is 10.7. The van der Waals surface area contributed by atoms with Crippen molar-refractivity contribution in [3.63, 3.8) is 0 Å². The highest BCUT2D eigenvalue weighted by molar-refractivity contribution is 5.87. The van der Waals surface area contributed by atoms with Crippen LogP contribution < -0.4 is 5.43 Å². The molecule has 0 aliphatic carbocycles. The fourth-order valence-electron chi connectivity index (χ4n) is 0.408. The smallest absolute Gasteiger partial charge is 0.243 e. The number of carbonyl (C=O) groups is 1. The van der Waals surface area contributed by atoms with Crippen LogP contribution in [0.3, 0.4) is 0 Å². The molecule has 5 heteroatoms. The zero-order chi connectivity index (χ0) is 6.69. The van der Waals surface area contributed by atoms with Gasteiger partial charge >= 0.3 is 0 Å². The van der Waals surface area contributed by atoms with Gasteiger partial charge in [-0.25, -0.2) is 5.01 Å². The number of hydrogen-bond donors (Lipinski definition) is 1. The van der Waals surface area contributed by atoms with Crippen LogP contribution >= 0.6 is 0 Å². The molecule has 0 atom stereocenters. The zero-order valence-electron chi connectivity index (χ0n) is 4.90. The first-order chi connectivity index (χ1) is 4.30. The van der Waals surface area contributed by atoms with Crippen molar-refractivity contribution < 1.29 is 4.79 Å². The molecule has 0 bridgehead atoms. The molecule has 1 heterocycles. The van der Waals surface area contributed by atoms with E-state index in [0.29, 0.717) is 0 Å². The highest BCUT2D eigenvalue weighted by Crippen LogP contribution is 1.82. The molecular formula is C4H6N4O. The number of hydrogen-bond acceptors (Lipinski definition) is 4. The summed E-state index contributed by atoms with van der Waals surface area (Å²) in [6, 6.07) is 0. The van der Waals surface area contributed by atoms with Gasteiger partial charge in [0.2, 0.25) is 5.91 Å². The van der Waals surface area contributed by atoms with Crippen molar-refractivity contribution in [2.75, 3.05) is 0 Å². The Morgan fingerprint density at radius 2 is 2.44 bits per heavy atom. The van der Waals surface area contributed by atoms with Crippen LogP contribution in [0.4, 0.5) is 0 Å². The Hall–Kier alpha value is -1.39. The lowest BCUT2D eigenvalue weighted by molar-refractivity contribution is -0.126. The third-order valence-electron chi connectivity index (χ3n) is 0.828. The highest BCUT2D eigenvalue weighted by Gasteiger charge is 2.03. The fourth-order valence-corrected chi connectivity index (χ4v) is 0.408. The second kappa shape index (κ2) is 2.25. The van der Waals surface area contributed by atoms with Crippen molar-refractivity contribution in [2.45, 2.75) is 6.92 Å². The molecule has 1 N–H and O–H groups in total. The molecule has 0 aromatic heterocycles. The first kappa shape index (κ1) is 5.74. The van der Waals surface area contributed by atoms with Crippen LogP contribution in [0.2, 0.25) is 0 Å². The normalized spacial score (nSPS) is 15.4. The average Bonchev–Trinajstić information content (AvgIpc) is 1.90. The summed E-state index contributed by atoms with van der Waals surface area (Å²) in [5.41, 5.74) is 2.56. The molecule has 0 saturated carbocycles. The van der Waals surface area contributed by atoms with Crippen LogP contribution in [-0.4, -0.2) is 23.6 Å². The average molecular weight is 126 g/mol. The van der Waals surface area contributed by atoms with Crippen LogP contribution in [0.5, 0.6) is 0 Å². The molecule has 0 aromatic rings. The molecule has 0 radical (unpaired) electrons. The molecule has 1 aliphatic rings. The van der Waals surface area contributed by atoms with Crippen LogP contribution in [0, 0.1) is 0 Å².